The van der Waals surface area contributed by atoms with Crippen molar-refractivity contribution in [2.45, 2.75) is 37.5 Å². The van der Waals surface area contributed by atoms with Gasteiger partial charge in [-0.05, 0) is 31.0 Å². The summed E-state index contributed by atoms with van der Waals surface area (Å²) in [6, 6.07) is 4.18. The summed E-state index contributed by atoms with van der Waals surface area (Å²) in [6.07, 6.45) is 0.0379. The maximum atomic E-state index is 14.0. The molecular weight excluding hydrogens is 395 g/mol. The summed E-state index contributed by atoms with van der Waals surface area (Å²) in [5.74, 6) is -1.97. The van der Waals surface area contributed by atoms with Crippen molar-refractivity contribution in [1.29, 1.82) is 0 Å². The lowest BCUT2D eigenvalue weighted by Gasteiger charge is -2.24. The average Bonchev–Trinajstić information content (AvgIpc) is 3.00. The highest BCUT2D eigenvalue weighted by Crippen LogP contribution is 2.41. The number of hydrogen-bond acceptors (Lipinski definition) is 5. The number of hydrogen-bond donors (Lipinski definition) is 1. The standard InChI is InChI=1S/C17H19FN2O5S2/c1-10-5-6-11(7-12(10)18)20-13-8-27(24,25)9-14(13)26-17(20)19-15(21)3-2-4-16(22)23/h5-7,13-14H,2-4,8-9H2,1H3,(H,22,23)/t13-,14+/m0/s1. The first-order valence-electron chi connectivity index (χ1n) is 8.42. The number of carboxylic acids is 1. The van der Waals surface area contributed by atoms with Gasteiger partial charge < -0.3 is 10.0 Å². The third-order valence-corrected chi connectivity index (χ3v) is 7.71. The van der Waals surface area contributed by atoms with E-state index in [2.05, 4.69) is 4.99 Å². The SMILES string of the molecule is Cc1ccc(N2C(=NC(=O)CCCC(=O)O)S[C@@H]3CS(=O)(=O)C[C@@H]32)cc1F. The molecule has 0 bridgehead atoms. The molecule has 0 spiro atoms. The van der Waals surface area contributed by atoms with Crippen LogP contribution in [0.3, 0.4) is 0 Å². The van der Waals surface area contributed by atoms with Crippen LogP contribution in [-0.4, -0.2) is 53.4 Å². The molecule has 0 saturated carbocycles. The fourth-order valence-corrected chi connectivity index (χ4v) is 7.08. The Kier molecular flexibility index (Phi) is 5.57. The smallest absolute Gasteiger partial charge is 0.303 e. The predicted molar refractivity (Wildman–Crippen MR) is 101 cm³/mol. The van der Waals surface area contributed by atoms with Gasteiger partial charge >= 0.3 is 5.97 Å². The van der Waals surface area contributed by atoms with Crippen molar-refractivity contribution in [3.05, 3.63) is 29.6 Å². The molecule has 10 heteroatoms. The van der Waals surface area contributed by atoms with Crippen LogP contribution in [-0.2, 0) is 19.4 Å². The summed E-state index contributed by atoms with van der Waals surface area (Å²) in [5.41, 5.74) is 0.914. The van der Waals surface area contributed by atoms with E-state index in [1.807, 2.05) is 0 Å². The number of anilines is 1. The van der Waals surface area contributed by atoms with E-state index in [1.165, 1.54) is 17.8 Å². The number of thioether (sulfide) groups is 1. The van der Waals surface area contributed by atoms with E-state index in [1.54, 1.807) is 24.0 Å². The number of sulfone groups is 1. The van der Waals surface area contributed by atoms with E-state index in [4.69, 9.17) is 5.11 Å². The van der Waals surface area contributed by atoms with Crippen molar-refractivity contribution in [3.8, 4) is 0 Å². The number of aliphatic carboxylic acids is 1. The van der Waals surface area contributed by atoms with E-state index in [-0.39, 0.29) is 36.0 Å². The lowest BCUT2D eigenvalue weighted by atomic mass is 10.1. The Labute approximate surface area is 160 Å². The van der Waals surface area contributed by atoms with Crippen molar-refractivity contribution >= 4 is 44.3 Å². The second kappa shape index (κ2) is 7.59. The molecule has 2 heterocycles. The van der Waals surface area contributed by atoms with Gasteiger partial charge in [0.15, 0.2) is 15.0 Å². The van der Waals surface area contributed by atoms with Gasteiger partial charge in [0.2, 0.25) is 5.91 Å². The van der Waals surface area contributed by atoms with Gasteiger partial charge in [-0.15, -0.1) is 0 Å². The predicted octanol–water partition coefficient (Wildman–Crippen LogP) is 1.99. The van der Waals surface area contributed by atoms with Gasteiger partial charge in [-0.1, -0.05) is 17.8 Å². The molecule has 0 radical (unpaired) electrons. The summed E-state index contributed by atoms with van der Waals surface area (Å²) < 4.78 is 38.0. The first kappa shape index (κ1) is 19.8. The van der Waals surface area contributed by atoms with Crippen LogP contribution in [0.4, 0.5) is 10.1 Å². The van der Waals surface area contributed by atoms with Crippen molar-refractivity contribution in [1.82, 2.24) is 0 Å². The highest BCUT2D eigenvalue weighted by molar-refractivity contribution is 8.16. The van der Waals surface area contributed by atoms with E-state index in [0.717, 1.165) is 0 Å². The van der Waals surface area contributed by atoms with E-state index in [0.29, 0.717) is 16.4 Å². The zero-order valence-electron chi connectivity index (χ0n) is 14.6. The van der Waals surface area contributed by atoms with Crippen molar-refractivity contribution in [3.63, 3.8) is 0 Å². The van der Waals surface area contributed by atoms with Crippen molar-refractivity contribution < 1.29 is 27.5 Å². The lowest BCUT2D eigenvalue weighted by Crippen LogP contribution is -2.37. The average molecular weight is 414 g/mol. The monoisotopic (exact) mass is 414 g/mol. The molecule has 2 aliphatic heterocycles. The Morgan fingerprint density at radius 1 is 1.33 bits per heavy atom. The van der Waals surface area contributed by atoms with Crippen molar-refractivity contribution in [2.75, 3.05) is 16.4 Å². The number of aliphatic imine (C=N–C) groups is 1. The number of carboxylic acid groups (broad SMARTS) is 1. The van der Waals surface area contributed by atoms with Gasteiger partial charge in [0, 0.05) is 23.8 Å². The van der Waals surface area contributed by atoms with Crippen LogP contribution in [0.1, 0.15) is 24.8 Å². The van der Waals surface area contributed by atoms with Crippen LogP contribution in [0, 0.1) is 12.7 Å². The number of carbonyl (C=O) groups is 2. The van der Waals surface area contributed by atoms with Crippen LogP contribution in [0.15, 0.2) is 23.2 Å². The molecule has 146 valence electrons. The molecule has 0 aliphatic carbocycles. The molecule has 2 fully saturated rings. The molecule has 1 N–H and O–H groups in total. The van der Waals surface area contributed by atoms with Gasteiger partial charge in [0.05, 0.1) is 17.5 Å². The number of carbonyl (C=O) groups excluding carboxylic acids is 1. The number of aryl methyl sites for hydroxylation is 1. The third-order valence-electron chi connectivity index (χ3n) is 4.50. The number of amidine groups is 1. The number of nitrogens with zero attached hydrogens (tertiary/aromatic N) is 2. The molecule has 1 aromatic carbocycles. The van der Waals surface area contributed by atoms with Gasteiger partial charge in [-0.3, -0.25) is 9.59 Å². The molecular formula is C17H19FN2O5S2. The Morgan fingerprint density at radius 2 is 2.07 bits per heavy atom. The van der Waals surface area contributed by atoms with Gasteiger partial charge in [-0.25, -0.2) is 12.8 Å². The minimum Gasteiger partial charge on any atom is -0.481 e. The zero-order valence-corrected chi connectivity index (χ0v) is 16.2. The summed E-state index contributed by atoms with van der Waals surface area (Å²) in [6.45, 7) is 1.63. The lowest BCUT2D eigenvalue weighted by molar-refractivity contribution is -0.137. The van der Waals surface area contributed by atoms with Crippen molar-refractivity contribution in [2.24, 2.45) is 4.99 Å². The van der Waals surface area contributed by atoms with Crippen LogP contribution >= 0.6 is 11.8 Å². The molecule has 2 atom stereocenters. The Hall–Kier alpha value is -1.94. The topological polar surface area (TPSA) is 104 Å². The highest BCUT2D eigenvalue weighted by atomic mass is 32.2. The molecule has 2 aliphatic rings. The molecule has 1 aromatic rings. The Morgan fingerprint density at radius 3 is 2.74 bits per heavy atom. The quantitative estimate of drug-likeness (QED) is 0.786. The summed E-state index contributed by atoms with van der Waals surface area (Å²) >= 11 is 1.20. The molecule has 1 amide bonds. The Bertz CT molecular complexity index is 916. The summed E-state index contributed by atoms with van der Waals surface area (Å²) in [4.78, 5) is 28.4. The second-order valence-electron chi connectivity index (χ2n) is 6.64. The fourth-order valence-electron chi connectivity index (χ4n) is 3.15. The fraction of sp³-hybridized carbons (Fsp3) is 0.471. The number of benzene rings is 1. The third kappa shape index (κ3) is 4.49. The minimum atomic E-state index is -3.20. The summed E-state index contributed by atoms with van der Waals surface area (Å²) in [7, 11) is -3.20. The maximum absolute atomic E-state index is 14.0. The molecule has 2 saturated heterocycles. The minimum absolute atomic E-state index is 0.0138. The number of amides is 1. The van der Waals surface area contributed by atoms with Crippen LogP contribution in [0.25, 0.3) is 0 Å². The van der Waals surface area contributed by atoms with E-state index in [9.17, 15) is 22.4 Å². The van der Waals surface area contributed by atoms with Gasteiger partial charge in [0.1, 0.15) is 5.82 Å². The largest absolute Gasteiger partial charge is 0.481 e. The molecule has 0 unspecified atom stereocenters. The second-order valence-corrected chi connectivity index (χ2v) is 10.00. The number of fused-ring (bicyclic) bond motifs is 1. The highest BCUT2D eigenvalue weighted by Gasteiger charge is 2.49. The Balaban J connectivity index is 1.88. The first-order chi connectivity index (χ1) is 12.7. The van der Waals surface area contributed by atoms with Crippen LogP contribution in [0.5, 0.6) is 0 Å². The van der Waals surface area contributed by atoms with Crippen LogP contribution < -0.4 is 4.90 Å². The zero-order chi connectivity index (χ0) is 19.8. The number of halogens is 1. The van der Waals surface area contributed by atoms with E-state index < -0.39 is 33.6 Å². The number of rotatable bonds is 5. The molecule has 7 nitrogen and oxygen atoms in total. The molecule has 3 rings (SSSR count). The normalized spacial score (nSPS) is 25.0. The first-order valence-corrected chi connectivity index (χ1v) is 11.1. The maximum Gasteiger partial charge on any atom is 0.303 e. The van der Waals surface area contributed by atoms with Crippen LogP contribution in [0.2, 0.25) is 0 Å². The van der Waals surface area contributed by atoms with Gasteiger partial charge in [-0.2, -0.15) is 4.99 Å². The molecule has 27 heavy (non-hydrogen) atoms. The van der Waals surface area contributed by atoms with E-state index >= 15 is 0 Å². The summed E-state index contributed by atoms with van der Waals surface area (Å²) in [5, 5.41) is 8.72. The van der Waals surface area contributed by atoms with Gasteiger partial charge in [0.25, 0.3) is 0 Å². The molecule has 0 aromatic heterocycles.